The molecule has 0 bridgehead atoms. The zero-order chi connectivity index (χ0) is 81.6. The van der Waals surface area contributed by atoms with Crippen molar-refractivity contribution in [3.8, 4) is 0 Å². The van der Waals surface area contributed by atoms with E-state index in [9.17, 15) is 43.1 Å². The maximum atomic E-state index is 13.1. The molecule has 21 heteroatoms. The van der Waals surface area contributed by atoms with Crippen LogP contribution in [-0.4, -0.2) is 100 Å². The van der Waals surface area contributed by atoms with Crippen LogP contribution in [0.15, 0.2) is 259 Å². The molecule has 0 aromatic carbocycles. The number of allylic oxidation sites excluding steroid dienone is 40. The second-order valence-corrected chi connectivity index (χ2v) is 35.9. The Morgan fingerprint density at radius 1 is 0.336 bits per heavy atom. The van der Waals surface area contributed by atoms with Gasteiger partial charge in [-0.25, -0.2) is 13.7 Å². The van der Waals surface area contributed by atoms with Crippen molar-refractivity contribution in [2.24, 2.45) is 21.7 Å². The maximum Gasteiger partial charge on any atom is 0.474 e. The normalized spacial score (nSPS) is 22.6. The first-order chi connectivity index (χ1) is 49.6. The summed E-state index contributed by atoms with van der Waals surface area (Å²) in [5.41, 5.74) is 13.5. The van der Waals surface area contributed by atoms with Crippen molar-refractivity contribution in [2.75, 3.05) is 42.7 Å². The number of Topliss-reactive ketones (excluding diaryl/α,β-unsaturated/α-hetero) is 4. The number of rotatable bonds is 30. The molecule has 0 fully saturated rings. The van der Waals surface area contributed by atoms with Gasteiger partial charge in [0.15, 0.2) is 23.1 Å². The van der Waals surface area contributed by atoms with E-state index in [1.54, 1.807) is 27.7 Å². The van der Waals surface area contributed by atoms with E-state index in [2.05, 4.69) is 74.9 Å². The Bertz CT molecular complexity index is 3830. The van der Waals surface area contributed by atoms with Gasteiger partial charge in [-0.2, -0.15) is 0 Å². The van der Waals surface area contributed by atoms with Crippen LogP contribution in [0.1, 0.15) is 164 Å². The summed E-state index contributed by atoms with van der Waals surface area (Å²) < 4.78 is 74.2. The molecule has 4 rings (SSSR count). The first-order valence-corrected chi connectivity index (χ1v) is 40.8. The molecule has 4 aliphatic rings. The van der Waals surface area contributed by atoms with Crippen LogP contribution in [0.25, 0.3) is 0 Å². The van der Waals surface area contributed by atoms with Crippen LogP contribution in [0.2, 0.25) is 0 Å². The molecule has 107 heavy (non-hydrogen) atoms. The van der Waals surface area contributed by atoms with Crippen molar-refractivity contribution in [3.05, 3.63) is 259 Å². The third kappa shape index (κ3) is 32.2. The van der Waals surface area contributed by atoms with E-state index in [0.717, 1.165) is 66.9 Å². The number of aliphatic hydroxyl groups is 2. The third-order valence-corrected chi connectivity index (χ3v) is 22.9. The minimum atomic E-state index is -3.80. The van der Waals surface area contributed by atoms with E-state index in [-0.39, 0.29) is 34.0 Å². The second-order valence-electron chi connectivity index (χ2n) is 29.4. The summed E-state index contributed by atoms with van der Waals surface area (Å²) in [7, 11) is -0.237. The van der Waals surface area contributed by atoms with Crippen molar-refractivity contribution in [1.29, 1.82) is 0 Å². The molecule has 0 heterocycles. The predicted octanol–water partition coefficient (Wildman–Crippen LogP) is 22.3. The largest absolute Gasteiger partial charge is 0.474 e. The zero-order valence-electron chi connectivity index (χ0n) is 68.0. The van der Waals surface area contributed by atoms with E-state index >= 15 is 0 Å². The van der Waals surface area contributed by atoms with E-state index in [1.165, 1.54) is 42.7 Å². The Balaban J connectivity index is 0.000000681. The number of hydrogen-bond acceptors (Lipinski definition) is 17. The lowest BCUT2D eigenvalue weighted by Crippen LogP contribution is -2.37. The summed E-state index contributed by atoms with van der Waals surface area (Å²) in [6, 6.07) is 0. The Morgan fingerprint density at radius 3 is 0.738 bits per heavy atom. The lowest BCUT2D eigenvalue weighted by atomic mass is 9.71. The average Bonchev–Trinajstić information content (AvgIpc) is 0.793. The van der Waals surface area contributed by atoms with Crippen LogP contribution in [0.5, 0.6) is 0 Å². The number of carbonyl (C=O) groups excluding carboxylic acids is 4. The molecule has 0 saturated carbocycles. The summed E-state index contributed by atoms with van der Waals surface area (Å²) in [6.07, 6.45) is 54.4. The number of aliphatic hydroxyl groups excluding tert-OH is 2. The molecule has 17 nitrogen and oxygen atoms in total. The van der Waals surface area contributed by atoms with Crippen LogP contribution in [0.4, 0.5) is 0 Å². The van der Waals surface area contributed by atoms with Crippen LogP contribution < -0.4 is 0 Å². The first kappa shape index (κ1) is 96.6. The van der Waals surface area contributed by atoms with Gasteiger partial charge in [-0.3, -0.25) is 46.3 Å². The lowest BCUT2D eigenvalue weighted by Gasteiger charge is -2.37. The van der Waals surface area contributed by atoms with Gasteiger partial charge >= 0.3 is 22.6 Å². The van der Waals surface area contributed by atoms with Gasteiger partial charge in [0.1, 0.15) is 24.4 Å². The molecule has 0 radical (unpaired) electrons. The lowest BCUT2D eigenvalue weighted by molar-refractivity contribution is -0.126. The Hall–Kier alpha value is -6.46. The number of halogens is 1. The van der Waals surface area contributed by atoms with Gasteiger partial charge in [-0.15, -0.1) is 0 Å². The predicted molar refractivity (Wildman–Crippen MR) is 438 cm³/mol. The van der Waals surface area contributed by atoms with Crippen molar-refractivity contribution in [1.82, 2.24) is 0 Å². The van der Waals surface area contributed by atoms with Crippen LogP contribution >= 0.6 is 33.8 Å². The van der Waals surface area contributed by atoms with Crippen LogP contribution in [0, 0.1) is 21.7 Å². The fourth-order valence-corrected chi connectivity index (χ4v) is 13.8. The Kier molecular flexibility index (Phi) is 40.1. The number of hydrogen-bond donors (Lipinski definition) is 2. The molecule has 0 aliphatic heterocycles. The molecule has 588 valence electrons. The fraction of sp³-hybridized carbons (Fsp3) is 0.442. The van der Waals surface area contributed by atoms with Gasteiger partial charge < -0.3 is 19.3 Å². The number of phosphoric acid groups is 2. The maximum absolute atomic E-state index is 13.1. The first-order valence-electron chi connectivity index (χ1n) is 35.4. The fourth-order valence-electron chi connectivity index (χ4n) is 12.1. The highest BCUT2D eigenvalue weighted by Gasteiger charge is 2.45. The highest BCUT2D eigenvalue weighted by Crippen LogP contribution is 2.55. The van der Waals surface area contributed by atoms with E-state index in [4.69, 9.17) is 38.4 Å². The topological polar surface area (TPSA) is 234 Å². The Labute approximate surface area is 644 Å². The van der Waals surface area contributed by atoms with Gasteiger partial charge in [0.05, 0.1) is 0 Å². The van der Waals surface area contributed by atoms with Crippen molar-refractivity contribution < 1.29 is 79.3 Å². The van der Waals surface area contributed by atoms with E-state index < -0.39 is 57.8 Å². The highest BCUT2D eigenvalue weighted by molar-refractivity contribution is 7.81. The summed E-state index contributed by atoms with van der Waals surface area (Å²) >= 11 is 5.02. The van der Waals surface area contributed by atoms with Crippen LogP contribution in [-0.2, 0) is 69.1 Å². The van der Waals surface area contributed by atoms with E-state index in [0.29, 0.717) is 48.0 Å². The minimum Gasteiger partial charge on any atom is -0.385 e. The van der Waals surface area contributed by atoms with Gasteiger partial charge in [0.2, 0.25) is 0 Å². The molecule has 0 aromatic heterocycles. The minimum absolute atomic E-state index is 0.175. The van der Waals surface area contributed by atoms with Gasteiger partial charge in [-0.05, 0) is 175 Å². The molecule has 4 aliphatic carbocycles. The molecule has 4 atom stereocenters. The SMILES string of the molecule is CC1=C(/C=C/C(C)=C/C=C/C(C)=C/C=C/C=C(C)/C=C/C=C(C)/C=C/C2=C(C)C(=O)C(O)CC2(C)C)C(C)(C)CC(O)C1=O.COP(=O)(Cl)OC.COP(=O)(OC)OC1CC(C)(C)C(/C=C/C(C)=C/C=C/C(C)=C/C=C/C=C(C)/C=C/C=C(C)/C=C/C2=C(C)C(=O)C(OP(=O)(OC)OC)CC2(C)C)=C(C)C1=O. The zero-order valence-corrected chi connectivity index (χ0v) is 71.5. The molecule has 0 saturated heterocycles. The molecule has 2 N–H and O–H groups in total. The van der Waals surface area contributed by atoms with Gasteiger partial charge in [0, 0.05) is 53.9 Å². The van der Waals surface area contributed by atoms with Crippen molar-refractivity contribution in [3.63, 3.8) is 0 Å². The average molecular weight is 1550 g/mol. The number of carbonyl (C=O) groups is 4. The number of phosphoric ester groups is 2. The molecule has 4 unspecified atom stereocenters. The Morgan fingerprint density at radius 2 is 0.533 bits per heavy atom. The summed E-state index contributed by atoms with van der Waals surface area (Å²) in [6.45, 7) is 36.5. The van der Waals surface area contributed by atoms with E-state index in [1.807, 2.05) is 215 Å². The monoisotopic (exact) mass is 1550 g/mol. The second kappa shape index (κ2) is 44.4. The molecular formula is C86H120ClO17P3. The summed E-state index contributed by atoms with van der Waals surface area (Å²) in [5, 5.41) is 20.0. The smallest absolute Gasteiger partial charge is 0.385 e. The van der Waals surface area contributed by atoms with Crippen molar-refractivity contribution >= 4 is 57.0 Å². The van der Waals surface area contributed by atoms with Gasteiger partial charge in [0.25, 0.3) is 0 Å². The summed E-state index contributed by atoms with van der Waals surface area (Å²) in [4.78, 5) is 50.6. The van der Waals surface area contributed by atoms with Gasteiger partial charge in [-0.1, -0.05) is 270 Å². The molecule has 0 aromatic rings. The quantitative estimate of drug-likeness (QED) is 0.0502. The summed E-state index contributed by atoms with van der Waals surface area (Å²) in [5.74, 6) is -0.808. The standard InChI is InChI=1S/C44H62O10P2.C40H52O4.C2H6ClO3P/c1-31(21-17-23-33(3)25-27-37-35(5)41(45)39(29-43(37,7)8)53-55(47,49-11)50-12)19-15-16-20-32(2)22-18-24-34(4)26-28-38-36(6)42(46)40(30-44(38,9)10)54-56(48,51-13)52-14;1-27(17-13-19-29(3)21-23-33-31(5)37(43)35(41)25-39(33,7)8)15-11-12-16-28(2)18-14-20-30(4)22-24-34-32(6)38(44)36(42)26-40(34,9)10;1-5-7(3,4)6-2/h15-28,39-40H,29-30H2,1-14H3;11-24,35-36,41-42H,25-26H2,1-10H3;1-2H3/b16-15+,21-17+,22-18+,27-25+,28-26+,31-19+,32-20+,33-23+,34-24+;12-11+,17-13+,18-14+,23-21+,24-22+,27-15+,28-16+,29-19+,30-20+;. The molecular weight excluding hydrogens is 1430 g/mol. The van der Waals surface area contributed by atoms with Crippen LogP contribution in [0.3, 0.4) is 0 Å². The highest BCUT2D eigenvalue weighted by atomic mass is 35.7. The number of ketones is 4. The molecule has 0 amide bonds. The third-order valence-electron chi connectivity index (χ3n) is 18.4. The van der Waals surface area contributed by atoms with Crippen molar-refractivity contribution in [2.45, 2.75) is 189 Å². The molecule has 0 spiro atoms.